The molecular weight excluding hydrogens is 350 g/mol. The van der Waals surface area contributed by atoms with Crippen LogP contribution in [0.5, 0.6) is 0 Å². The molecule has 0 aliphatic heterocycles. The smallest absolute Gasteiger partial charge is 0.293 e. The van der Waals surface area contributed by atoms with Crippen molar-refractivity contribution in [2.45, 2.75) is 38.1 Å². The van der Waals surface area contributed by atoms with Crippen LogP contribution in [0.15, 0.2) is 12.1 Å². The number of hydrogen-bond donors (Lipinski definition) is 1. The van der Waals surface area contributed by atoms with Crippen LogP contribution in [0.1, 0.15) is 32.6 Å². The van der Waals surface area contributed by atoms with E-state index in [2.05, 4.69) is 5.32 Å². The lowest BCUT2D eigenvalue weighted by molar-refractivity contribution is -0.384. The van der Waals surface area contributed by atoms with Crippen molar-refractivity contribution in [3.63, 3.8) is 0 Å². The lowest BCUT2D eigenvalue weighted by atomic mass is 10.00. The average Bonchev–Trinajstić information content (AvgIpc) is 2.69. The molecule has 1 aromatic rings. The van der Waals surface area contributed by atoms with Crippen LogP contribution >= 0.6 is 22.6 Å². The second-order valence-electron chi connectivity index (χ2n) is 4.93. The molecular formula is C12H14FIN2O2. The second kappa shape index (κ2) is 4.99. The lowest BCUT2D eigenvalue weighted by Gasteiger charge is -2.26. The first-order valence-electron chi connectivity index (χ1n) is 5.83. The van der Waals surface area contributed by atoms with Crippen molar-refractivity contribution in [3.8, 4) is 0 Å². The van der Waals surface area contributed by atoms with Gasteiger partial charge < -0.3 is 5.32 Å². The molecule has 0 atom stereocenters. The molecule has 0 amide bonds. The number of rotatable bonds is 3. The average molecular weight is 364 g/mol. The van der Waals surface area contributed by atoms with Crippen LogP contribution in [0, 0.1) is 19.5 Å². The van der Waals surface area contributed by atoms with Crippen molar-refractivity contribution in [1.82, 2.24) is 0 Å². The quantitative estimate of drug-likeness (QED) is 0.500. The first-order chi connectivity index (χ1) is 8.41. The monoisotopic (exact) mass is 364 g/mol. The van der Waals surface area contributed by atoms with Gasteiger partial charge in [0.15, 0.2) is 0 Å². The summed E-state index contributed by atoms with van der Waals surface area (Å²) in [5, 5.41) is 14.2. The van der Waals surface area contributed by atoms with E-state index in [9.17, 15) is 14.5 Å². The van der Waals surface area contributed by atoms with Gasteiger partial charge in [-0.05, 0) is 42.4 Å². The SMILES string of the molecule is CC1(Nc2cc(F)c(I)cc2[N+](=O)[O-])CCCC1. The number of anilines is 1. The molecule has 0 bridgehead atoms. The highest BCUT2D eigenvalue weighted by Crippen LogP contribution is 2.36. The van der Waals surface area contributed by atoms with Gasteiger partial charge in [0.2, 0.25) is 0 Å². The Labute approximate surface area is 118 Å². The number of nitro benzene ring substituents is 1. The van der Waals surface area contributed by atoms with Crippen LogP contribution in [0.3, 0.4) is 0 Å². The van der Waals surface area contributed by atoms with Crippen LogP contribution in [0.2, 0.25) is 0 Å². The normalized spacial score (nSPS) is 17.7. The van der Waals surface area contributed by atoms with Crippen LogP contribution in [0.4, 0.5) is 15.8 Å². The summed E-state index contributed by atoms with van der Waals surface area (Å²) in [6, 6.07) is 2.50. The molecule has 1 aliphatic carbocycles. The summed E-state index contributed by atoms with van der Waals surface area (Å²) in [6.07, 6.45) is 4.11. The number of halogens is 2. The summed E-state index contributed by atoms with van der Waals surface area (Å²) >= 11 is 1.76. The summed E-state index contributed by atoms with van der Waals surface area (Å²) in [5.41, 5.74) is 0.0560. The minimum Gasteiger partial charge on any atom is -0.374 e. The molecule has 4 nitrogen and oxygen atoms in total. The largest absolute Gasteiger partial charge is 0.374 e. The van der Waals surface area contributed by atoms with E-state index in [0.717, 1.165) is 25.7 Å². The fourth-order valence-electron chi connectivity index (χ4n) is 2.39. The third kappa shape index (κ3) is 2.73. The Hall–Kier alpha value is -0.920. The molecule has 1 N–H and O–H groups in total. The van der Waals surface area contributed by atoms with E-state index in [4.69, 9.17) is 0 Å². The molecule has 0 radical (unpaired) electrons. The number of hydrogen-bond acceptors (Lipinski definition) is 3. The van der Waals surface area contributed by atoms with Crippen molar-refractivity contribution in [3.05, 3.63) is 31.6 Å². The first kappa shape index (κ1) is 13.5. The van der Waals surface area contributed by atoms with Crippen LogP contribution in [-0.2, 0) is 0 Å². The minimum absolute atomic E-state index is 0.0612. The molecule has 0 unspecified atom stereocenters. The standard InChI is InChI=1S/C12H14FIN2O2/c1-12(4-2-3-5-12)15-10-6-8(13)9(14)7-11(10)16(17)18/h6-7,15H,2-5H2,1H3. The second-order valence-corrected chi connectivity index (χ2v) is 6.10. The molecule has 98 valence electrons. The van der Waals surface area contributed by atoms with Crippen molar-refractivity contribution in [2.24, 2.45) is 0 Å². The van der Waals surface area contributed by atoms with Gasteiger partial charge in [0.05, 0.1) is 8.49 Å². The summed E-state index contributed by atoms with van der Waals surface area (Å²) in [4.78, 5) is 10.5. The molecule has 0 aromatic heterocycles. The van der Waals surface area contributed by atoms with Crippen LogP contribution < -0.4 is 5.32 Å². The molecule has 0 spiro atoms. The molecule has 6 heteroatoms. The lowest BCUT2D eigenvalue weighted by Crippen LogP contribution is -2.31. The Morgan fingerprint density at radius 3 is 2.61 bits per heavy atom. The van der Waals surface area contributed by atoms with Crippen LogP contribution in [-0.4, -0.2) is 10.5 Å². The number of nitrogens with one attached hydrogen (secondary N) is 1. The summed E-state index contributed by atoms with van der Waals surface area (Å²) in [7, 11) is 0. The topological polar surface area (TPSA) is 55.2 Å². The number of nitrogens with zero attached hydrogens (tertiary/aromatic N) is 1. The maximum atomic E-state index is 13.6. The zero-order valence-corrected chi connectivity index (χ0v) is 12.2. The van der Waals surface area contributed by atoms with E-state index in [-0.39, 0.29) is 20.5 Å². The highest BCUT2D eigenvalue weighted by molar-refractivity contribution is 14.1. The maximum Gasteiger partial charge on any atom is 0.293 e. The Morgan fingerprint density at radius 2 is 2.06 bits per heavy atom. The van der Waals surface area contributed by atoms with Crippen LogP contribution in [0.25, 0.3) is 0 Å². The first-order valence-corrected chi connectivity index (χ1v) is 6.91. The van der Waals surface area contributed by atoms with Crippen molar-refractivity contribution in [1.29, 1.82) is 0 Å². The summed E-state index contributed by atoms with van der Waals surface area (Å²) < 4.78 is 13.8. The van der Waals surface area contributed by atoms with Gasteiger partial charge in [0.1, 0.15) is 11.5 Å². The van der Waals surface area contributed by atoms with E-state index in [0.29, 0.717) is 0 Å². The summed E-state index contributed by atoms with van der Waals surface area (Å²) in [5.74, 6) is -0.426. The van der Waals surface area contributed by atoms with Crippen molar-refractivity contribution in [2.75, 3.05) is 5.32 Å². The van der Waals surface area contributed by atoms with E-state index < -0.39 is 10.7 Å². The van der Waals surface area contributed by atoms with Gasteiger partial charge in [0.25, 0.3) is 5.69 Å². The van der Waals surface area contributed by atoms with Gasteiger partial charge in [-0.3, -0.25) is 10.1 Å². The van der Waals surface area contributed by atoms with E-state index in [1.54, 1.807) is 22.6 Å². The Bertz CT molecular complexity index is 487. The van der Waals surface area contributed by atoms with E-state index in [1.807, 2.05) is 6.92 Å². The highest BCUT2D eigenvalue weighted by atomic mass is 127. The fourth-order valence-corrected chi connectivity index (χ4v) is 2.84. The van der Waals surface area contributed by atoms with E-state index in [1.165, 1.54) is 12.1 Å². The molecule has 1 saturated carbocycles. The van der Waals surface area contributed by atoms with Gasteiger partial charge in [-0.1, -0.05) is 12.8 Å². The number of nitro groups is 1. The van der Waals surface area contributed by atoms with Gasteiger partial charge in [-0.25, -0.2) is 4.39 Å². The zero-order valence-electron chi connectivity index (χ0n) is 10.0. The molecule has 1 aliphatic rings. The van der Waals surface area contributed by atoms with Gasteiger partial charge in [-0.2, -0.15) is 0 Å². The molecule has 18 heavy (non-hydrogen) atoms. The Balaban J connectivity index is 2.36. The highest BCUT2D eigenvalue weighted by Gasteiger charge is 2.31. The fraction of sp³-hybridized carbons (Fsp3) is 0.500. The predicted molar refractivity (Wildman–Crippen MR) is 76.3 cm³/mol. The maximum absolute atomic E-state index is 13.6. The Morgan fingerprint density at radius 1 is 1.44 bits per heavy atom. The summed E-state index contributed by atoms with van der Waals surface area (Å²) in [6.45, 7) is 2.03. The molecule has 0 heterocycles. The predicted octanol–water partition coefficient (Wildman–Crippen LogP) is 4.08. The molecule has 2 rings (SSSR count). The zero-order chi connectivity index (χ0) is 13.3. The van der Waals surface area contributed by atoms with Gasteiger partial charge in [-0.15, -0.1) is 0 Å². The van der Waals surface area contributed by atoms with E-state index >= 15 is 0 Å². The number of benzene rings is 1. The third-order valence-corrected chi connectivity index (χ3v) is 4.21. The Kier molecular flexibility index (Phi) is 3.74. The molecule has 1 fully saturated rings. The van der Waals surface area contributed by atoms with Gasteiger partial charge in [0, 0.05) is 17.7 Å². The van der Waals surface area contributed by atoms with Crippen molar-refractivity contribution < 1.29 is 9.31 Å². The third-order valence-electron chi connectivity index (χ3n) is 3.38. The van der Waals surface area contributed by atoms with Gasteiger partial charge >= 0.3 is 0 Å². The minimum atomic E-state index is -0.470. The van der Waals surface area contributed by atoms with Crippen molar-refractivity contribution >= 4 is 34.0 Å². The molecule has 1 aromatic carbocycles. The molecule has 0 saturated heterocycles.